The number of nitrogens with zero attached hydrogens (tertiary/aromatic N) is 3. The Morgan fingerprint density at radius 3 is 2.31 bits per heavy atom. The predicted molar refractivity (Wildman–Crippen MR) is 119 cm³/mol. The lowest BCUT2D eigenvalue weighted by molar-refractivity contribution is -0.131. The van der Waals surface area contributed by atoms with Gasteiger partial charge in [-0.1, -0.05) is 48.0 Å². The first-order chi connectivity index (χ1) is 14.2. The van der Waals surface area contributed by atoms with E-state index in [4.69, 9.17) is 0 Å². The second-order valence-corrected chi connectivity index (χ2v) is 7.29. The molecule has 0 radical (unpaired) electrons. The molecule has 154 valence electrons. The number of nitrogens with one attached hydrogen (secondary N) is 2. The first-order valence-corrected chi connectivity index (χ1v) is 10.2. The van der Waals surface area contributed by atoms with Crippen molar-refractivity contribution in [1.82, 2.24) is 15.5 Å². The van der Waals surface area contributed by atoms with Crippen molar-refractivity contribution in [2.24, 2.45) is 4.99 Å². The Bertz CT molecular complexity index is 796. The number of benzene rings is 2. The minimum atomic E-state index is 0.194. The highest BCUT2D eigenvalue weighted by molar-refractivity contribution is 5.81. The molecule has 2 aromatic carbocycles. The van der Waals surface area contributed by atoms with Crippen molar-refractivity contribution in [2.75, 3.05) is 44.7 Å². The molecule has 2 N–H and O–H groups in total. The highest BCUT2D eigenvalue weighted by Crippen LogP contribution is 2.15. The summed E-state index contributed by atoms with van der Waals surface area (Å²) in [6.45, 7) is 6.66. The summed E-state index contributed by atoms with van der Waals surface area (Å²) in [4.78, 5) is 21.1. The molecule has 1 saturated heterocycles. The minimum Gasteiger partial charge on any atom is -0.368 e. The molecule has 1 heterocycles. The van der Waals surface area contributed by atoms with Crippen molar-refractivity contribution >= 4 is 17.6 Å². The summed E-state index contributed by atoms with van der Waals surface area (Å²) in [6, 6.07) is 18.8. The minimum absolute atomic E-state index is 0.194. The third kappa shape index (κ3) is 6.24. The molecule has 1 aliphatic rings. The van der Waals surface area contributed by atoms with Crippen LogP contribution < -0.4 is 15.5 Å². The molecule has 1 amide bonds. The second-order valence-electron chi connectivity index (χ2n) is 7.29. The fourth-order valence-electron chi connectivity index (χ4n) is 3.41. The van der Waals surface area contributed by atoms with E-state index in [9.17, 15) is 4.79 Å². The molecule has 0 spiro atoms. The van der Waals surface area contributed by atoms with Crippen LogP contribution in [0.15, 0.2) is 59.6 Å². The quantitative estimate of drug-likeness (QED) is 0.584. The lowest BCUT2D eigenvalue weighted by Crippen LogP contribution is -2.49. The van der Waals surface area contributed by atoms with Crippen molar-refractivity contribution < 1.29 is 4.79 Å². The number of aryl methyl sites for hydroxylation is 1. The van der Waals surface area contributed by atoms with E-state index in [1.54, 1.807) is 7.05 Å². The third-order valence-electron chi connectivity index (χ3n) is 5.19. The summed E-state index contributed by atoms with van der Waals surface area (Å²) in [5, 5.41) is 6.53. The zero-order valence-corrected chi connectivity index (χ0v) is 17.4. The van der Waals surface area contributed by atoms with Crippen molar-refractivity contribution in [1.29, 1.82) is 0 Å². The van der Waals surface area contributed by atoms with Gasteiger partial charge in [0, 0.05) is 58.4 Å². The SMILES string of the molecule is CN=C(NCCC(=O)N1CCN(c2ccccc2)CC1)NCc1ccc(C)cc1. The molecule has 1 fully saturated rings. The first kappa shape index (κ1) is 20.7. The van der Waals surface area contributed by atoms with Crippen LogP contribution in [-0.2, 0) is 11.3 Å². The Kier molecular flexibility index (Phi) is 7.50. The van der Waals surface area contributed by atoms with Crippen LogP contribution in [-0.4, -0.2) is 56.5 Å². The lowest BCUT2D eigenvalue weighted by atomic mass is 10.1. The van der Waals surface area contributed by atoms with E-state index < -0.39 is 0 Å². The summed E-state index contributed by atoms with van der Waals surface area (Å²) in [5.41, 5.74) is 3.68. The number of hydrogen-bond acceptors (Lipinski definition) is 3. The fraction of sp³-hybridized carbons (Fsp3) is 0.391. The van der Waals surface area contributed by atoms with Gasteiger partial charge in [-0.2, -0.15) is 0 Å². The molecular formula is C23H31N5O. The van der Waals surface area contributed by atoms with Gasteiger partial charge in [-0.25, -0.2) is 0 Å². The Labute approximate surface area is 173 Å². The van der Waals surface area contributed by atoms with Crippen molar-refractivity contribution in [3.63, 3.8) is 0 Å². The number of amides is 1. The largest absolute Gasteiger partial charge is 0.368 e. The number of aliphatic imine (C=N–C) groups is 1. The van der Waals surface area contributed by atoms with Gasteiger partial charge in [-0.15, -0.1) is 0 Å². The standard InChI is InChI=1S/C23H31N5O/c1-19-8-10-20(11-9-19)18-26-23(24-2)25-13-12-22(29)28-16-14-27(15-17-28)21-6-4-3-5-7-21/h3-11H,12-18H2,1-2H3,(H2,24,25,26). The van der Waals surface area contributed by atoms with E-state index in [2.05, 4.69) is 76.0 Å². The number of guanidine groups is 1. The van der Waals surface area contributed by atoms with Gasteiger partial charge in [-0.05, 0) is 24.6 Å². The van der Waals surface area contributed by atoms with E-state index >= 15 is 0 Å². The third-order valence-corrected chi connectivity index (χ3v) is 5.19. The van der Waals surface area contributed by atoms with Gasteiger partial charge in [0.25, 0.3) is 0 Å². The molecule has 0 bridgehead atoms. The number of anilines is 1. The van der Waals surface area contributed by atoms with Crippen LogP contribution in [0.25, 0.3) is 0 Å². The van der Waals surface area contributed by atoms with Crippen LogP contribution in [0.3, 0.4) is 0 Å². The predicted octanol–water partition coefficient (Wildman–Crippen LogP) is 2.40. The number of carbonyl (C=O) groups is 1. The zero-order valence-electron chi connectivity index (χ0n) is 17.4. The van der Waals surface area contributed by atoms with Gasteiger partial charge < -0.3 is 20.4 Å². The molecule has 0 aliphatic carbocycles. The van der Waals surface area contributed by atoms with Crippen LogP contribution in [0.2, 0.25) is 0 Å². The number of hydrogen-bond donors (Lipinski definition) is 2. The van der Waals surface area contributed by atoms with Gasteiger partial charge in [0.05, 0.1) is 0 Å². The monoisotopic (exact) mass is 393 g/mol. The van der Waals surface area contributed by atoms with E-state index in [0.29, 0.717) is 25.5 Å². The van der Waals surface area contributed by atoms with Crippen LogP contribution in [0, 0.1) is 6.92 Å². The number of piperazine rings is 1. The molecule has 3 rings (SSSR count). The lowest BCUT2D eigenvalue weighted by Gasteiger charge is -2.36. The summed E-state index contributed by atoms with van der Waals surface area (Å²) in [6.07, 6.45) is 0.469. The molecular weight excluding hydrogens is 362 g/mol. The fourth-order valence-corrected chi connectivity index (χ4v) is 3.41. The van der Waals surface area contributed by atoms with Crippen LogP contribution in [0.4, 0.5) is 5.69 Å². The van der Waals surface area contributed by atoms with Gasteiger partial charge in [0.2, 0.25) is 5.91 Å². The average molecular weight is 394 g/mol. The molecule has 6 nitrogen and oxygen atoms in total. The summed E-state index contributed by atoms with van der Waals surface area (Å²) in [7, 11) is 1.75. The summed E-state index contributed by atoms with van der Waals surface area (Å²) < 4.78 is 0. The maximum atomic E-state index is 12.5. The highest BCUT2D eigenvalue weighted by atomic mass is 16.2. The Morgan fingerprint density at radius 1 is 0.966 bits per heavy atom. The molecule has 0 atom stereocenters. The normalized spacial score (nSPS) is 14.6. The molecule has 0 aromatic heterocycles. The maximum Gasteiger partial charge on any atom is 0.224 e. The van der Waals surface area contributed by atoms with Gasteiger partial charge in [0.1, 0.15) is 0 Å². The zero-order chi connectivity index (χ0) is 20.5. The first-order valence-electron chi connectivity index (χ1n) is 10.2. The topological polar surface area (TPSA) is 60.0 Å². The van der Waals surface area contributed by atoms with Crippen LogP contribution in [0.1, 0.15) is 17.5 Å². The van der Waals surface area contributed by atoms with Crippen molar-refractivity contribution in [3.8, 4) is 0 Å². The smallest absolute Gasteiger partial charge is 0.224 e. The molecule has 2 aromatic rings. The molecule has 1 aliphatic heterocycles. The highest BCUT2D eigenvalue weighted by Gasteiger charge is 2.20. The van der Waals surface area contributed by atoms with E-state index in [0.717, 1.165) is 26.2 Å². The number of rotatable bonds is 6. The van der Waals surface area contributed by atoms with E-state index in [-0.39, 0.29) is 5.91 Å². The molecule has 29 heavy (non-hydrogen) atoms. The summed E-state index contributed by atoms with van der Waals surface area (Å²) in [5.74, 6) is 0.909. The second kappa shape index (κ2) is 10.5. The van der Waals surface area contributed by atoms with Gasteiger partial charge >= 0.3 is 0 Å². The Balaban J connectivity index is 1.36. The maximum absolute atomic E-state index is 12.5. The van der Waals surface area contributed by atoms with Crippen molar-refractivity contribution in [3.05, 3.63) is 65.7 Å². The van der Waals surface area contributed by atoms with E-state index in [1.165, 1.54) is 16.8 Å². The molecule has 0 unspecified atom stereocenters. The van der Waals surface area contributed by atoms with Crippen molar-refractivity contribution in [2.45, 2.75) is 19.9 Å². The molecule has 0 saturated carbocycles. The Morgan fingerprint density at radius 2 is 1.66 bits per heavy atom. The van der Waals surface area contributed by atoms with Crippen LogP contribution in [0.5, 0.6) is 0 Å². The number of carbonyl (C=O) groups excluding carboxylic acids is 1. The van der Waals surface area contributed by atoms with Gasteiger partial charge in [0.15, 0.2) is 5.96 Å². The molecule has 6 heteroatoms. The van der Waals surface area contributed by atoms with Gasteiger partial charge in [-0.3, -0.25) is 9.79 Å². The number of para-hydroxylation sites is 1. The average Bonchev–Trinajstić information content (AvgIpc) is 2.78. The van der Waals surface area contributed by atoms with Crippen LogP contribution >= 0.6 is 0 Å². The Hall–Kier alpha value is -3.02. The van der Waals surface area contributed by atoms with E-state index in [1.807, 2.05) is 11.0 Å². The summed E-state index contributed by atoms with van der Waals surface area (Å²) >= 11 is 0.